The molecule has 0 N–H and O–H groups in total. The minimum Gasteiger partial charge on any atom is -0.304 e. The summed E-state index contributed by atoms with van der Waals surface area (Å²) in [5, 5.41) is 0. The van der Waals surface area contributed by atoms with Crippen LogP contribution in [0.1, 0.15) is 57.8 Å². The van der Waals surface area contributed by atoms with Crippen LogP contribution < -0.4 is 0 Å². The number of hydrogen-bond donors (Lipinski definition) is 0. The smallest absolute Gasteiger partial charge is 0.137 e. The highest BCUT2D eigenvalue weighted by Gasteiger charge is 2.21. The molecule has 0 spiro atoms. The van der Waals surface area contributed by atoms with Crippen LogP contribution in [0, 0.1) is 5.92 Å². The van der Waals surface area contributed by atoms with Crippen LogP contribution in [0.2, 0.25) is 0 Å². The molecule has 17 heavy (non-hydrogen) atoms. The van der Waals surface area contributed by atoms with Crippen LogP contribution in [0.5, 0.6) is 0 Å². The van der Waals surface area contributed by atoms with E-state index in [0.717, 1.165) is 5.65 Å². The van der Waals surface area contributed by atoms with Crippen molar-refractivity contribution >= 4 is 5.65 Å². The molecule has 2 nitrogen and oxygen atoms in total. The Morgan fingerprint density at radius 1 is 1.06 bits per heavy atom. The molecule has 0 aliphatic rings. The second-order valence-corrected chi connectivity index (χ2v) is 5.50. The van der Waals surface area contributed by atoms with Gasteiger partial charge >= 0.3 is 0 Å². The van der Waals surface area contributed by atoms with Crippen LogP contribution >= 0.6 is 0 Å². The lowest BCUT2D eigenvalue weighted by atomic mass is 9.91. The molecule has 0 radical (unpaired) electrons. The standard InChI is InChI=1S/C15H22N2/c1-10(2)12(5)15-14(11(3)4)16-13-8-6-7-9-17(13)15/h6-12H,1-5H3. The third-order valence-electron chi connectivity index (χ3n) is 3.57. The zero-order valence-corrected chi connectivity index (χ0v) is 11.4. The Morgan fingerprint density at radius 3 is 2.35 bits per heavy atom. The molecule has 2 heteroatoms. The van der Waals surface area contributed by atoms with Crippen molar-refractivity contribution in [3.63, 3.8) is 0 Å². The Labute approximate surface area is 104 Å². The van der Waals surface area contributed by atoms with Gasteiger partial charge < -0.3 is 4.40 Å². The molecule has 0 aliphatic heterocycles. The van der Waals surface area contributed by atoms with Crippen LogP contribution in [-0.4, -0.2) is 9.38 Å². The fourth-order valence-corrected chi connectivity index (χ4v) is 2.23. The summed E-state index contributed by atoms with van der Waals surface area (Å²) in [5.41, 5.74) is 3.70. The topological polar surface area (TPSA) is 17.3 Å². The summed E-state index contributed by atoms with van der Waals surface area (Å²) in [5.74, 6) is 1.64. The molecular weight excluding hydrogens is 208 g/mol. The molecule has 0 amide bonds. The summed E-state index contributed by atoms with van der Waals surface area (Å²) in [6.07, 6.45) is 2.13. The van der Waals surface area contributed by atoms with Crippen molar-refractivity contribution in [1.29, 1.82) is 0 Å². The third kappa shape index (κ3) is 2.08. The summed E-state index contributed by atoms with van der Waals surface area (Å²) in [6, 6.07) is 6.22. The van der Waals surface area contributed by atoms with Gasteiger partial charge in [-0.2, -0.15) is 0 Å². The molecule has 0 fully saturated rings. The Kier molecular flexibility index (Phi) is 3.23. The summed E-state index contributed by atoms with van der Waals surface area (Å²) in [7, 11) is 0. The number of fused-ring (bicyclic) bond motifs is 1. The molecule has 2 aromatic rings. The number of hydrogen-bond acceptors (Lipinski definition) is 1. The van der Waals surface area contributed by atoms with Gasteiger partial charge in [-0.15, -0.1) is 0 Å². The average molecular weight is 230 g/mol. The number of nitrogens with zero attached hydrogens (tertiary/aromatic N) is 2. The SMILES string of the molecule is CC(C)c1nc2ccccn2c1C(C)C(C)C. The summed E-state index contributed by atoms with van der Waals surface area (Å²) >= 11 is 0. The molecule has 92 valence electrons. The van der Waals surface area contributed by atoms with E-state index in [0.29, 0.717) is 17.8 Å². The van der Waals surface area contributed by atoms with Crippen molar-refractivity contribution in [2.45, 2.75) is 46.5 Å². The molecule has 0 aromatic carbocycles. The lowest BCUT2D eigenvalue weighted by Gasteiger charge is -2.18. The van der Waals surface area contributed by atoms with E-state index in [-0.39, 0.29) is 0 Å². The largest absolute Gasteiger partial charge is 0.304 e. The Hall–Kier alpha value is -1.31. The molecule has 0 saturated carbocycles. The number of pyridine rings is 1. The second-order valence-electron chi connectivity index (χ2n) is 5.50. The lowest BCUT2D eigenvalue weighted by Crippen LogP contribution is -2.08. The molecule has 2 rings (SSSR count). The average Bonchev–Trinajstić information content (AvgIpc) is 2.67. The van der Waals surface area contributed by atoms with E-state index in [1.165, 1.54) is 11.4 Å². The predicted molar refractivity (Wildman–Crippen MR) is 72.5 cm³/mol. The second kappa shape index (κ2) is 4.52. The number of imidazole rings is 1. The van der Waals surface area contributed by atoms with E-state index in [1.807, 2.05) is 0 Å². The first-order valence-corrected chi connectivity index (χ1v) is 6.49. The summed E-state index contributed by atoms with van der Waals surface area (Å²) in [4.78, 5) is 4.78. The molecule has 2 heterocycles. The predicted octanol–water partition coefficient (Wildman–Crippen LogP) is 4.22. The maximum absolute atomic E-state index is 4.78. The fraction of sp³-hybridized carbons (Fsp3) is 0.533. The van der Waals surface area contributed by atoms with Crippen molar-refractivity contribution in [1.82, 2.24) is 9.38 Å². The Balaban J connectivity index is 2.68. The van der Waals surface area contributed by atoms with E-state index < -0.39 is 0 Å². The van der Waals surface area contributed by atoms with Gasteiger partial charge in [-0.05, 0) is 24.0 Å². The van der Waals surface area contributed by atoms with Crippen molar-refractivity contribution < 1.29 is 0 Å². The number of aromatic nitrogens is 2. The van der Waals surface area contributed by atoms with Crippen molar-refractivity contribution in [2.24, 2.45) is 5.92 Å². The Bertz CT molecular complexity index is 509. The minimum atomic E-state index is 0.478. The molecule has 1 unspecified atom stereocenters. The molecule has 2 aromatic heterocycles. The van der Waals surface area contributed by atoms with Gasteiger partial charge in [0.25, 0.3) is 0 Å². The summed E-state index contributed by atoms with van der Waals surface area (Å²) in [6.45, 7) is 11.3. The molecule has 0 aliphatic carbocycles. The van der Waals surface area contributed by atoms with Gasteiger partial charge in [0.05, 0.1) is 5.69 Å². The van der Waals surface area contributed by atoms with E-state index >= 15 is 0 Å². The van der Waals surface area contributed by atoms with Gasteiger partial charge in [0, 0.05) is 17.8 Å². The van der Waals surface area contributed by atoms with Gasteiger partial charge in [0.1, 0.15) is 5.65 Å². The highest BCUT2D eigenvalue weighted by molar-refractivity contribution is 5.45. The number of rotatable bonds is 3. The molecule has 0 bridgehead atoms. The zero-order chi connectivity index (χ0) is 12.6. The highest BCUT2D eigenvalue weighted by atomic mass is 15.0. The van der Waals surface area contributed by atoms with Crippen LogP contribution in [0.15, 0.2) is 24.4 Å². The van der Waals surface area contributed by atoms with Crippen LogP contribution in [0.25, 0.3) is 5.65 Å². The lowest BCUT2D eigenvalue weighted by molar-refractivity contribution is 0.513. The highest BCUT2D eigenvalue weighted by Crippen LogP contribution is 2.31. The Morgan fingerprint density at radius 2 is 1.76 bits per heavy atom. The minimum absolute atomic E-state index is 0.478. The summed E-state index contributed by atoms with van der Waals surface area (Å²) < 4.78 is 2.25. The quantitative estimate of drug-likeness (QED) is 0.771. The monoisotopic (exact) mass is 230 g/mol. The third-order valence-corrected chi connectivity index (χ3v) is 3.57. The van der Waals surface area contributed by atoms with Gasteiger partial charge in [0.2, 0.25) is 0 Å². The molecule has 0 saturated heterocycles. The first kappa shape index (κ1) is 12.2. The normalized spacial score (nSPS) is 13.8. The maximum Gasteiger partial charge on any atom is 0.137 e. The first-order valence-electron chi connectivity index (χ1n) is 6.49. The maximum atomic E-state index is 4.78. The van der Waals surface area contributed by atoms with Gasteiger partial charge in [-0.3, -0.25) is 0 Å². The van der Waals surface area contributed by atoms with E-state index in [2.05, 4.69) is 63.4 Å². The van der Waals surface area contributed by atoms with Crippen LogP contribution in [-0.2, 0) is 0 Å². The van der Waals surface area contributed by atoms with Gasteiger partial charge in [-0.25, -0.2) is 4.98 Å². The van der Waals surface area contributed by atoms with Crippen molar-refractivity contribution in [3.05, 3.63) is 35.8 Å². The van der Waals surface area contributed by atoms with Crippen LogP contribution in [0.3, 0.4) is 0 Å². The first-order chi connectivity index (χ1) is 8.02. The van der Waals surface area contributed by atoms with Gasteiger partial charge in [-0.1, -0.05) is 40.7 Å². The fourth-order valence-electron chi connectivity index (χ4n) is 2.23. The van der Waals surface area contributed by atoms with E-state index in [4.69, 9.17) is 4.98 Å². The zero-order valence-electron chi connectivity index (χ0n) is 11.4. The molecule has 1 atom stereocenters. The van der Waals surface area contributed by atoms with Crippen molar-refractivity contribution in [3.8, 4) is 0 Å². The van der Waals surface area contributed by atoms with E-state index in [9.17, 15) is 0 Å². The van der Waals surface area contributed by atoms with E-state index in [1.54, 1.807) is 0 Å². The van der Waals surface area contributed by atoms with Gasteiger partial charge in [0.15, 0.2) is 0 Å². The van der Waals surface area contributed by atoms with Crippen molar-refractivity contribution in [2.75, 3.05) is 0 Å². The van der Waals surface area contributed by atoms with Crippen LogP contribution in [0.4, 0.5) is 0 Å². The molecular formula is C15H22N2.